The van der Waals surface area contributed by atoms with Crippen molar-refractivity contribution in [1.29, 1.82) is 0 Å². The summed E-state index contributed by atoms with van der Waals surface area (Å²) in [6, 6.07) is 0. The van der Waals surface area contributed by atoms with Gasteiger partial charge in [0.1, 0.15) is 0 Å². The number of carbonyl (C=O) groups is 2. The maximum atomic E-state index is 9.37. The van der Waals surface area contributed by atoms with E-state index in [0.29, 0.717) is 0 Å². The van der Waals surface area contributed by atoms with Crippen LogP contribution in [0.2, 0.25) is 0 Å². The molecule has 11 heavy (non-hydrogen) atoms. The van der Waals surface area contributed by atoms with Gasteiger partial charge in [0.2, 0.25) is 0 Å². The van der Waals surface area contributed by atoms with Gasteiger partial charge in [0.15, 0.2) is 0 Å². The number of hydrogen-bond donors (Lipinski definition) is 3. The molecule has 9 N–H and O–H groups in total. The number of quaternary nitrogens is 2. The average molecular weight is 170 g/mol. The molecule has 0 fully saturated rings. The summed E-state index contributed by atoms with van der Waals surface area (Å²) >= 11 is 0. The van der Waals surface area contributed by atoms with Gasteiger partial charge in [0.25, 0.3) is 0 Å². The molecule has 0 aromatic carbocycles. The molecule has 0 atom stereocenters. The number of carboxylic acids is 1. The largest absolute Gasteiger partial charge is 0.652 e. The third-order valence-electron chi connectivity index (χ3n) is 0.302. The van der Waals surface area contributed by atoms with Gasteiger partial charge in [-0.05, 0) is 6.16 Å². The fourth-order valence-electron chi connectivity index (χ4n) is 0. The zero-order valence-electron chi connectivity index (χ0n) is 6.79. The predicted octanol–water partition coefficient (Wildman–Crippen LogP) is -1.21. The summed E-state index contributed by atoms with van der Waals surface area (Å²) in [4.78, 5) is 17.7. The first kappa shape index (κ1) is 22.6. The Morgan fingerprint density at radius 2 is 1.36 bits per heavy atom. The van der Waals surface area contributed by atoms with Gasteiger partial charge in [0.05, 0.1) is 0 Å². The Bertz CT molecular complexity index is 101. The molecule has 0 aromatic rings. The van der Waals surface area contributed by atoms with Crippen LogP contribution in [-0.2, 0) is 4.79 Å². The Morgan fingerprint density at radius 1 is 1.27 bits per heavy atom. The first-order chi connectivity index (χ1) is 4.00. The molecule has 7 nitrogen and oxygen atoms in total. The topological polar surface area (TPSA) is 173 Å². The maximum Gasteiger partial charge on any atom is 0.303 e. The fraction of sp³-hybridized carbons (Fsp3) is 0.500. The summed E-state index contributed by atoms with van der Waals surface area (Å²) in [5.41, 5.74) is 0. The second-order valence-corrected chi connectivity index (χ2v) is 0.997. The quantitative estimate of drug-likeness (QED) is 0.446. The summed E-state index contributed by atoms with van der Waals surface area (Å²) in [5.74, 6) is -0.745. The minimum absolute atomic E-state index is 0. The zero-order chi connectivity index (χ0) is 7.86. The summed E-state index contributed by atoms with van der Waals surface area (Å²) < 4.78 is 0. The molecule has 0 aliphatic rings. The minimum Gasteiger partial charge on any atom is -0.652 e. The minimum atomic E-state index is -2.33. The van der Waals surface area contributed by atoms with E-state index in [1.54, 1.807) is 6.92 Å². The summed E-state index contributed by atoms with van der Waals surface area (Å²) in [6.45, 7) is 1.60. The fourth-order valence-corrected chi connectivity index (χ4v) is 0. The van der Waals surface area contributed by atoms with E-state index in [-0.39, 0.29) is 18.7 Å². The van der Waals surface area contributed by atoms with Crippen LogP contribution >= 0.6 is 0 Å². The molecule has 0 radical (unpaired) electrons. The van der Waals surface area contributed by atoms with E-state index in [2.05, 4.69) is 0 Å². The molecule has 0 saturated carbocycles. The number of hydrogen-bond acceptors (Lipinski definition) is 4. The Balaban J connectivity index is -0.0000000383. The lowest BCUT2D eigenvalue weighted by molar-refractivity contribution is -0.415. The lowest BCUT2D eigenvalue weighted by Crippen LogP contribution is -2.37. The molecule has 0 aliphatic carbocycles. The van der Waals surface area contributed by atoms with Gasteiger partial charge < -0.3 is 32.4 Å². The maximum absolute atomic E-state index is 9.37. The Labute approximate surface area is 63.8 Å². The van der Waals surface area contributed by atoms with Gasteiger partial charge in [-0.25, -0.2) is 0 Å². The van der Waals surface area contributed by atoms with Gasteiger partial charge in [-0.2, -0.15) is 0 Å². The van der Waals surface area contributed by atoms with Crippen molar-refractivity contribution in [3.05, 3.63) is 0 Å². The van der Waals surface area contributed by atoms with Crippen LogP contribution in [0.25, 0.3) is 0 Å². The highest BCUT2D eigenvalue weighted by atomic mass is 16.6. The molecule has 0 saturated heterocycles. The molecule has 70 valence electrons. The molecule has 7 heteroatoms. The highest BCUT2D eigenvalue weighted by Crippen LogP contribution is 1.67. The third-order valence-corrected chi connectivity index (χ3v) is 0.302. The van der Waals surface area contributed by atoms with E-state index in [1.165, 1.54) is 0 Å². The standard InChI is InChI=1S/C3H6O2.CH2O3.2H3N/c1-2-3(4)5;2-1(3)4;;/h2H2,1H3,(H,4,5);(H2,2,3,4);2*1H3. The highest BCUT2D eigenvalue weighted by molar-refractivity contribution is 5.66. The van der Waals surface area contributed by atoms with E-state index in [9.17, 15) is 4.79 Å². The van der Waals surface area contributed by atoms with E-state index in [0.717, 1.165) is 0 Å². The third kappa shape index (κ3) is 882. The Hall–Kier alpha value is -1.34. The number of carboxylic acid groups (broad SMARTS) is 3. The lowest BCUT2D eigenvalue weighted by Gasteiger charge is -1.96. The van der Waals surface area contributed by atoms with Crippen LogP contribution in [-0.4, -0.2) is 17.2 Å². The molecular formula is C4H14N2O5. The van der Waals surface area contributed by atoms with Crippen molar-refractivity contribution in [1.82, 2.24) is 12.3 Å². The van der Waals surface area contributed by atoms with Crippen molar-refractivity contribution in [3.8, 4) is 0 Å². The van der Waals surface area contributed by atoms with Crippen LogP contribution in [0.1, 0.15) is 13.3 Å². The summed E-state index contributed by atoms with van der Waals surface area (Å²) in [6.07, 6.45) is -2.11. The number of rotatable bonds is 1. The van der Waals surface area contributed by atoms with Crippen molar-refractivity contribution < 1.29 is 24.9 Å². The van der Waals surface area contributed by atoms with Crippen LogP contribution in [0.3, 0.4) is 0 Å². The second-order valence-electron chi connectivity index (χ2n) is 0.997. The van der Waals surface area contributed by atoms with Crippen molar-refractivity contribution >= 4 is 12.1 Å². The van der Waals surface area contributed by atoms with Crippen LogP contribution < -0.4 is 22.5 Å². The van der Waals surface area contributed by atoms with Crippen molar-refractivity contribution in [2.24, 2.45) is 0 Å². The van der Waals surface area contributed by atoms with Gasteiger partial charge in [0, 0.05) is 6.42 Å². The average Bonchev–Trinajstić information content (AvgIpc) is 1.65. The van der Waals surface area contributed by atoms with E-state index < -0.39 is 12.1 Å². The number of carbonyl (C=O) groups excluding carboxylic acids is 1. The molecule has 0 spiro atoms. The van der Waals surface area contributed by atoms with Gasteiger partial charge >= 0.3 is 5.97 Å². The summed E-state index contributed by atoms with van der Waals surface area (Å²) in [5, 5.41) is 24.4. The first-order valence-electron chi connectivity index (χ1n) is 2.10. The van der Waals surface area contributed by atoms with Crippen molar-refractivity contribution in [2.45, 2.75) is 13.3 Å². The van der Waals surface area contributed by atoms with Crippen LogP contribution in [0.15, 0.2) is 0 Å². The monoisotopic (exact) mass is 170 g/mol. The van der Waals surface area contributed by atoms with E-state index in [4.69, 9.17) is 20.1 Å². The molecule has 0 aliphatic heterocycles. The second kappa shape index (κ2) is 15.9. The van der Waals surface area contributed by atoms with E-state index >= 15 is 0 Å². The van der Waals surface area contributed by atoms with Crippen LogP contribution in [0.4, 0.5) is 4.79 Å². The highest BCUT2D eigenvalue weighted by Gasteiger charge is 1.80. The normalized spacial score (nSPS) is 5.55. The molecular weight excluding hydrogens is 156 g/mol. The predicted molar refractivity (Wildman–Crippen MR) is 35.3 cm³/mol. The molecule has 0 bridgehead atoms. The lowest BCUT2D eigenvalue weighted by atomic mass is 10.5. The van der Waals surface area contributed by atoms with Gasteiger partial charge in [-0.15, -0.1) is 0 Å². The summed E-state index contributed by atoms with van der Waals surface area (Å²) in [7, 11) is 0. The Morgan fingerprint density at radius 3 is 1.36 bits per heavy atom. The molecule has 0 rings (SSSR count). The van der Waals surface area contributed by atoms with Gasteiger partial charge in [-0.1, -0.05) is 6.92 Å². The molecule has 0 aromatic heterocycles. The van der Waals surface area contributed by atoms with Crippen LogP contribution in [0, 0.1) is 0 Å². The molecule has 0 unspecified atom stereocenters. The van der Waals surface area contributed by atoms with Crippen molar-refractivity contribution in [3.63, 3.8) is 0 Å². The molecule has 0 heterocycles. The first-order valence-corrected chi connectivity index (χ1v) is 2.10. The van der Waals surface area contributed by atoms with Gasteiger partial charge in [-0.3, -0.25) is 4.79 Å². The Kier molecular flexibility index (Phi) is 32.6. The SMILES string of the molecule is CCC(=O)O.O=C([O-])[O-].[NH4+].[NH4+]. The zero-order valence-corrected chi connectivity index (χ0v) is 6.79. The number of aliphatic carboxylic acids is 1. The van der Waals surface area contributed by atoms with E-state index in [1.807, 2.05) is 0 Å². The van der Waals surface area contributed by atoms with Crippen LogP contribution in [0.5, 0.6) is 0 Å². The van der Waals surface area contributed by atoms with Crippen molar-refractivity contribution in [2.75, 3.05) is 0 Å². The smallest absolute Gasteiger partial charge is 0.303 e. The molecule has 0 amide bonds.